The lowest BCUT2D eigenvalue weighted by atomic mass is 9.87. The molecular formula is C9H11NO2. The first-order chi connectivity index (χ1) is 5.77. The molecule has 0 saturated carbocycles. The second-order valence-electron chi connectivity index (χ2n) is 2.86. The zero-order valence-electron chi connectivity index (χ0n) is 6.99. The van der Waals surface area contributed by atoms with Crippen molar-refractivity contribution >= 4 is 5.97 Å². The van der Waals surface area contributed by atoms with E-state index in [1.54, 1.807) is 0 Å². The summed E-state index contributed by atoms with van der Waals surface area (Å²) in [5.41, 5.74) is 0. The normalized spacial score (nSPS) is 27.7. The number of allylic oxidation sites excluding steroid dienone is 2. The minimum Gasteiger partial charge on any atom is -0.469 e. The summed E-state index contributed by atoms with van der Waals surface area (Å²) in [6, 6.07) is 2.12. The molecule has 0 bridgehead atoms. The van der Waals surface area contributed by atoms with E-state index in [9.17, 15) is 4.79 Å². The monoisotopic (exact) mass is 165 g/mol. The van der Waals surface area contributed by atoms with Crippen LogP contribution in [0.5, 0.6) is 0 Å². The minimum atomic E-state index is -0.209. The maximum Gasteiger partial charge on any atom is 0.309 e. The minimum absolute atomic E-state index is 0.121. The number of nitrogens with zero attached hydrogens (tertiary/aromatic N) is 1. The SMILES string of the molecule is COC(=O)[C@H]1CC=C[C@H](C#N)C1. The maximum atomic E-state index is 11.1. The van der Waals surface area contributed by atoms with E-state index in [4.69, 9.17) is 5.26 Å². The number of ether oxygens (including phenoxy) is 1. The third kappa shape index (κ3) is 1.85. The number of esters is 1. The van der Waals surface area contributed by atoms with E-state index in [2.05, 4.69) is 10.8 Å². The molecule has 1 rings (SSSR count). The fourth-order valence-electron chi connectivity index (χ4n) is 1.34. The number of rotatable bonds is 1. The molecule has 64 valence electrons. The van der Waals surface area contributed by atoms with Crippen LogP contribution in [0, 0.1) is 23.2 Å². The van der Waals surface area contributed by atoms with Crippen molar-refractivity contribution in [3.8, 4) is 6.07 Å². The Balaban J connectivity index is 2.57. The summed E-state index contributed by atoms with van der Waals surface area (Å²) < 4.78 is 4.60. The highest BCUT2D eigenvalue weighted by molar-refractivity contribution is 5.72. The number of hydrogen-bond donors (Lipinski definition) is 0. The fourth-order valence-corrected chi connectivity index (χ4v) is 1.34. The van der Waals surface area contributed by atoms with E-state index in [0.717, 1.165) is 0 Å². The Morgan fingerprint density at radius 2 is 2.50 bits per heavy atom. The molecule has 12 heavy (non-hydrogen) atoms. The summed E-state index contributed by atoms with van der Waals surface area (Å²) in [7, 11) is 1.38. The predicted molar refractivity (Wildman–Crippen MR) is 43.0 cm³/mol. The second kappa shape index (κ2) is 3.91. The van der Waals surface area contributed by atoms with Crippen LogP contribution in [0.3, 0.4) is 0 Å². The molecule has 0 aromatic rings. The molecule has 2 atom stereocenters. The van der Waals surface area contributed by atoms with Crippen LogP contribution in [0.15, 0.2) is 12.2 Å². The van der Waals surface area contributed by atoms with Gasteiger partial charge in [-0.2, -0.15) is 5.26 Å². The summed E-state index contributed by atoms with van der Waals surface area (Å²) in [6.45, 7) is 0. The van der Waals surface area contributed by atoms with Crippen molar-refractivity contribution in [2.24, 2.45) is 11.8 Å². The topological polar surface area (TPSA) is 50.1 Å². The molecule has 0 aliphatic heterocycles. The van der Waals surface area contributed by atoms with Crippen LogP contribution >= 0.6 is 0 Å². The highest BCUT2D eigenvalue weighted by Gasteiger charge is 2.24. The second-order valence-corrected chi connectivity index (χ2v) is 2.86. The largest absolute Gasteiger partial charge is 0.469 e. The molecule has 0 fully saturated rings. The van der Waals surface area contributed by atoms with Crippen LogP contribution in [0.4, 0.5) is 0 Å². The van der Waals surface area contributed by atoms with Gasteiger partial charge in [0.25, 0.3) is 0 Å². The van der Waals surface area contributed by atoms with E-state index in [-0.39, 0.29) is 17.8 Å². The van der Waals surface area contributed by atoms with Crippen molar-refractivity contribution in [3.63, 3.8) is 0 Å². The molecule has 0 spiro atoms. The van der Waals surface area contributed by atoms with Gasteiger partial charge in [0.05, 0.1) is 25.0 Å². The molecule has 0 saturated heterocycles. The highest BCUT2D eigenvalue weighted by Crippen LogP contribution is 2.23. The van der Waals surface area contributed by atoms with Gasteiger partial charge in [0.1, 0.15) is 0 Å². The number of nitriles is 1. The lowest BCUT2D eigenvalue weighted by Crippen LogP contribution is -2.20. The summed E-state index contributed by atoms with van der Waals surface area (Å²) in [6.07, 6.45) is 5.02. The Kier molecular flexibility index (Phi) is 2.87. The van der Waals surface area contributed by atoms with Crippen LogP contribution in [0.2, 0.25) is 0 Å². The third-order valence-corrected chi connectivity index (χ3v) is 2.03. The molecule has 0 heterocycles. The predicted octanol–water partition coefficient (Wildman–Crippen LogP) is 1.27. The molecule has 0 aromatic heterocycles. The van der Waals surface area contributed by atoms with Gasteiger partial charge in [-0.1, -0.05) is 12.2 Å². The average molecular weight is 165 g/mol. The Labute approximate surface area is 71.6 Å². The van der Waals surface area contributed by atoms with Crippen molar-refractivity contribution in [2.45, 2.75) is 12.8 Å². The molecule has 3 nitrogen and oxygen atoms in total. The summed E-state index contributed by atoms with van der Waals surface area (Å²) in [5.74, 6) is -0.452. The first-order valence-electron chi connectivity index (χ1n) is 3.92. The molecule has 0 radical (unpaired) electrons. The Bertz CT molecular complexity index is 239. The number of carbonyl (C=O) groups is 1. The molecule has 1 aliphatic rings. The molecule has 0 unspecified atom stereocenters. The van der Waals surface area contributed by atoms with Crippen molar-refractivity contribution in [3.05, 3.63) is 12.2 Å². The lowest BCUT2D eigenvalue weighted by molar-refractivity contribution is -0.145. The van der Waals surface area contributed by atoms with Crippen molar-refractivity contribution in [2.75, 3.05) is 7.11 Å². The fraction of sp³-hybridized carbons (Fsp3) is 0.556. The molecule has 0 amide bonds. The van der Waals surface area contributed by atoms with E-state index in [1.807, 2.05) is 12.2 Å². The van der Waals surface area contributed by atoms with Crippen LogP contribution in [0.25, 0.3) is 0 Å². The Hall–Kier alpha value is -1.30. The molecule has 0 N–H and O–H groups in total. The quantitative estimate of drug-likeness (QED) is 0.434. The standard InChI is InChI=1S/C9H11NO2/c1-12-9(11)8-4-2-3-7(5-8)6-10/h2-3,7-8H,4-5H2,1H3/t7-,8-/m0/s1. The van der Waals surface area contributed by atoms with Gasteiger partial charge in [0, 0.05) is 0 Å². The van der Waals surface area contributed by atoms with Gasteiger partial charge in [-0.3, -0.25) is 4.79 Å². The Morgan fingerprint density at radius 3 is 3.08 bits per heavy atom. The van der Waals surface area contributed by atoms with Crippen LogP contribution < -0.4 is 0 Å². The van der Waals surface area contributed by atoms with Gasteiger partial charge in [0.2, 0.25) is 0 Å². The van der Waals surface area contributed by atoms with E-state index >= 15 is 0 Å². The van der Waals surface area contributed by atoms with Gasteiger partial charge < -0.3 is 4.74 Å². The van der Waals surface area contributed by atoms with Crippen LogP contribution in [0.1, 0.15) is 12.8 Å². The third-order valence-electron chi connectivity index (χ3n) is 2.03. The molecular weight excluding hydrogens is 154 g/mol. The van der Waals surface area contributed by atoms with Gasteiger partial charge >= 0.3 is 5.97 Å². The average Bonchev–Trinajstić information content (AvgIpc) is 2.17. The molecule has 0 aromatic carbocycles. The van der Waals surface area contributed by atoms with Crippen LogP contribution in [-0.2, 0) is 9.53 Å². The number of hydrogen-bond acceptors (Lipinski definition) is 3. The van der Waals surface area contributed by atoms with Crippen molar-refractivity contribution in [1.29, 1.82) is 5.26 Å². The summed E-state index contributed by atoms with van der Waals surface area (Å²) in [4.78, 5) is 11.1. The molecule has 3 heteroatoms. The molecule has 1 aliphatic carbocycles. The van der Waals surface area contributed by atoms with Gasteiger partial charge in [-0.25, -0.2) is 0 Å². The van der Waals surface area contributed by atoms with E-state index in [0.29, 0.717) is 12.8 Å². The lowest BCUT2D eigenvalue weighted by Gasteiger charge is -2.17. The number of methoxy groups -OCH3 is 1. The number of carbonyl (C=O) groups excluding carboxylic acids is 1. The maximum absolute atomic E-state index is 11.1. The first-order valence-corrected chi connectivity index (χ1v) is 3.92. The van der Waals surface area contributed by atoms with E-state index in [1.165, 1.54) is 7.11 Å². The highest BCUT2D eigenvalue weighted by atomic mass is 16.5. The van der Waals surface area contributed by atoms with Crippen molar-refractivity contribution < 1.29 is 9.53 Å². The summed E-state index contributed by atoms with van der Waals surface area (Å²) in [5, 5.41) is 8.61. The van der Waals surface area contributed by atoms with E-state index < -0.39 is 0 Å². The smallest absolute Gasteiger partial charge is 0.309 e. The Morgan fingerprint density at radius 1 is 1.75 bits per heavy atom. The van der Waals surface area contributed by atoms with Gasteiger partial charge in [-0.05, 0) is 12.8 Å². The summed E-state index contributed by atoms with van der Waals surface area (Å²) >= 11 is 0. The van der Waals surface area contributed by atoms with Gasteiger partial charge in [-0.15, -0.1) is 0 Å². The zero-order valence-corrected chi connectivity index (χ0v) is 6.99. The van der Waals surface area contributed by atoms with Gasteiger partial charge in [0.15, 0.2) is 0 Å². The first kappa shape index (κ1) is 8.79. The zero-order chi connectivity index (χ0) is 8.97. The van der Waals surface area contributed by atoms with Crippen molar-refractivity contribution in [1.82, 2.24) is 0 Å². The van der Waals surface area contributed by atoms with Crippen LogP contribution in [-0.4, -0.2) is 13.1 Å².